The Morgan fingerprint density at radius 2 is 1.88 bits per heavy atom. The molecule has 0 rings (SSSR count). The minimum atomic E-state index is -0.433. The Morgan fingerprint density at radius 3 is 2.00 bits per heavy atom. The van der Waals surface area contributed by atoms with Crippen molar-refractivity contribution < 1.29 is 0 Å². The Kier molecular flexibility index (Phi) is 5.59. The SMILES string of the molecule is CCC(Cl)[SiH2]C(Cl)Cl. The molecule has 0 aromatic carbocycles. The van der Waals surface area contributed by atoms with Crippen LogP contribution in [0.1, 0.15) is 13.3 Å². The van der Waals surface area contributed by atoms with Crippen LogP contribution in [0.5, 0.6) is 0 Å². The minimum Gasteiger partial charge on any atom is -0.127 e. The molecule has 0 saturated carbocycles. The first-order chi connectivity index (χ1) is 3.66. The summed E-state index contributed by atoms with van der Waals surface area (Å²) in [5.41, 5.74) is 0. The summed E-state index contributed by atoms with van der Waals surface area (Å²) >= 11 is 16.7. The van der Waals surface area contributed by atoms with Crippen LogP contribution in [0.15, 0.2) is 0 Å². The van der Waals surface area contributed by atoms with Crippen LogP contribution in [0.3, 0.4) is 0 Å². The highest BCUT2D eigenvalue weighted by Crippen LogP contribution is 2.07. The van der Waals surface area contributed by atoms with E-state index in [0.29, 0.717) is 0 Å². The smallest absolute Gasteiger partial charge is 0.0924 e. The third-order valence-corrected chi connectivity index (χ3v) is 4.23. The molecule has 0 spiro atoms. The Hall–Kier alpha value is 1.09. The van der Waals surface area contributed by atoms with Crippen LogP contribution >= 0.6 is 34.8 Å². The van der Waals surface area contributed by atoms with Crippen molar-refractivity contribution >= 4 is 44.3 Å². The topological polar surface area (TPSA) is 0 Å². The molecule has 0 aliphatic carbocycles. The van der Waals surface area contributed by atoms with Gasteiger partial charge in [0.25, 0.3) is 0 Å². The zero-order valence-electron chi connectivity index (χ0n) is 4.70. The molecule has 8 heavy (non-hydrogen) atoms. The molecule has 0 aliphatic heterocycles. The fraction of sp³-hybridized carbons (Fsp3) is 1.00. The Balaban J connectivity index is 3.10. The van der Waals surface area contributed by atoms with Gasteiger partial charge in [-0.1, -0.05) is 6.92 Å². The average molecular weight is 192 g/mol. The van der Waals surface area contributed by atoms with E-state index in [1.807, 2.05) is 6.92 Å². The fourth-order valence-electron chi connectivity index (χ4n) is 0.360. The molecule has 0 aliphatic rings. The van der Waals surface area contributed by atoms with Gasteiger partial charge in [0.2, 0.25) is 0 Å². The van der Waals surface area contributed by atoms with Crippen molar-refractivity contribution in [2.75, 3.05) is 0 Å². The van der Waals surface area contributed by atoms with Crippen LogP contribution in [0.2, 0.25) is 0 Å². The summed E-state index contributed by atoms with van der Waals surface area (Å²) in [6, 6.07) is 0. The number of hydrogen-bond donors (Lipinski definition) is 0. The lowest BCUT2D eigenvalue weighted by atomic mass is 10.6. The molecule has 0 aromatic heterocycles. The maximum absolute atomic E-state index is 5.75. The molecule has 0 nitrogen and oxygen atoms in total. The van der Waals surface area contributed by atoms with Crippen molar-refractivity contribution in [3.05, 3.63) is 0 Å². The van der Waals surface area contributed by atoms with Crippen molar-refractivity contribution in [3.63, 3.8) is 0 Å². The second-order valence-electron chi connectivity index (χ2n) is 1.63. The predicted molar refractivity (Wildman–Crippen MR) is 44.0 cm³/mol. The van der Waals surface area contributed by atoms with E-state index in [4.69, 9.17) is 34.8 Å². The third kappa shape index (κ3) is 5.23. The van der Waals surface area contributed by atoms with Gasteiger partial charge < -0.3 is 0 Å². The maximum Gasteiger partial charge on any atom is 0.0924 e. The molecule has 0 radical (unpaired) electrons. The predicted octanol–water partition coefficient (Wildman–Crippen LogP) is 1.89. The van der Waals surface area contributed by atoms with Crippen LogP contribution in [-0.4, -0.2) is 19.0 Å². The Bertz CT molecular complexity index is 57.2. The van der Waals surface area contributed by atoms with Crippen LogP contribution in [0.25, 0.3) is 0 Å². The highest BCUT2D eigenvalue weighted by Gasteiger charge is 2.07. The van der Waals surface area contributed by atoms with Crippen LogP contribution < -0.4 is 0 Å². The maximum atomic E-state index is 5.75. The van der Waals surface area contributed by atoms with E-state index < -0.39 is 9.52 Å². The molecule has 4 heteroatoms. The molecule has 0 amide bonds. The minimum absolute atomic E-state index is 0.169. The molecule has 1 atom stereocenters. The van der Waals surface area contributed by atoms with E-state index in [9.17, 15) is 0 Å². The first-order valence-electron chi connectivity index (χ1n) is 2.59. The lowest BCUT2D eigenvalue weighted by Gasteiger charge is -2.03. The van der Waals surface area contributed by atoms with Crippen molar-refractivity contribution in [2.24, 2.45) is 0 Å². The highest BCUT2D eigenvalue weighted by atomic mass is 35.5. The summed E-state index contributed by atoms with van der Waals surface area (Å²) < 4.78 is -0.169. The molecule has 0 aromatic rings. The van der Waals surface area contributed by atoms with E-state index in [0.717, 1.165) is 6.42 Å². The highest BCUT2D eigenvalue weighted by molar-refractivity contribution is 6.73. The van der Waals surface area contributed by atoms with E-state index in [1.54, 1.807) is 0 Å². The van der Waals surface area contributed by atoms with Gasteiger partial charge in [0.15, 0.2) is 0 Å². The fourth-order valence-corrected chi connectivity index (χ4v) is 3.45. The van der Waals surface area contributed by atoms with E-state index in [2.05, 4.69) is 0 Å². The molecule has 0 fully saturated rings. The molecule has 0 saturated heterocycles. The second-order valence-corrected chi connectivity index (χ2v) is 7.35. The standard InChI is InChI=1S/C4H9Cl3Si/c1-2-3(5)8-4(6)7/h3-4H,2,8H2,1H3. The monoisotopic (exact) mass is 190 g/mol. The van der Waals surface area contributed by atoms with Gasteiger partial charge in [-0.2, -0.15) is 0 Å². The van der Waals surface area contributed by atoms with Gasteiger partial charge in [0.1, 0.15) is 0 Å². The number of halogens is 3. The number of alkyl halides is 3. The first-order valence-corrected chi connectivity index (χ1v) is 5.53. The molecular weight excluding hydrogens is 182 g/mol. The van der Waals surface area contributed by atoms with Gasteiger partial charge in [0.05, 0.1) is 14.0 Å². The van der Waals surface area contributed by atoms with Crippen LogP contribution in [-0.2, 0) is 0 Å². The number of hydrogen-bond acceptors (Lipinski definition) is 0. The van der Waals surface area contributed by atoms with Crippen molar-refractivity contribution in [2.45, 2.75) is 22.8 Å². The largest absolute Gasteiger partial charge is 0.127 e. The molecular formula is C4H9Cl3Si. The van der Waals surface area contributed by atoms with E-state index >= 15 is 0 Å². The summed E-state index contributed by atoms with van der Waals surface area (Å²) in [7, 11) is -0.433. The van der Waals surface area contributed by atoms with Gasteiger partial charge in [-0.25, -0.2) is 0 Å². The summed E-state index contributed by atoms with van der Waals surface area (Å²) in [5.74, 6) is 0. The Morgan fingerprint density at radius 1 is 1.38 bits per heavy atom. The lowest BCUT2D eigenvalue weighted by Crippen LogP contribution is -2.14. The molecule has 50 valence electrons. The molecule has 0 bridgehead atoms. The van der Waals surface area contributed by atoms with Crippen molar-refractivity contribution in [1.82, 2.24) is 0 Å². The zero-order valence-corrected chi connectivity index (χ0v) is 8.38. The summed E-state index contributed by atoms with van der Waals surface area (Å²) in [5, 5.41) is 0.273. The van der Waals surface area contributed by atoms with Gasteiger partial charge in [-0.15, -0.1) is 34.8 Å². The summed E-state index contributed by atoms with van der Waals surface area (Å²) in [6.07, 6.45) is 0.990. The zero-order chi connectivity index (χ0) is 6.57. The summed E-state index contributed by atoms with van der Waals surface area (Å²) in [4.78, 5) is 0. The lowest BCUT2D eigenvalue weighted by molar-refractivity contribution is 1.03. The quantitative estimate of drug-likeness (QED) is 0.472. The second kappa shape index (κ2) is 4.92. The Labute approximate surface area is 67.3 Å². The normalized spacial score (nSPS) is 16.1. The number of rotatable bonds is 3. The van der Waals surface area contributed by atoms with Gasteiger partial charge >= 0.3 is 0 Å². The van der Waals surface area contributed by atoms with Gasteiger partial charge in [-0.05, 0) is 6.42 Å². The van der Waals surface area contributed by atoms with E-state index in [-0.39, 0.29) is 9.46 Å². The summed E-state index contributed by atoms with van der Waals surface area (Å²) in [6.45, 7) is 2.04. The van der Waals surface area contributed by atoms with Gasteiger partial charge in [-0.3, -0.25) is 0 Å². The van der Waals surface area contributed by atoms with Crippen LogP contribution in [0.4, 0.5) is 0 Å². The molecule has 1 unspecified atom stereocenters. The van der Waals surface area contributed by atoms with E-state index in [1.165, 1.54) is 0 Å². The van der Waals surface area contributed by atoms with Crippen molar-refractivity contribution in [1.29, 1.82) is 0 Å². The molecule has 0 heterocycles. The third-order valence-electron chi connectivity index (χ3n) is 0.877. The first kappa shape index (κ1) is 9.09. The van der Waals surface area contributed by atoms with Gasteiger partial charge in [0, 0.05) is 5.00 Å². The van der Waals surface area contributed by atoms with Crippen LogP contribution in [0, 0.1) is 0 Å². The molecule has 0 N–H and O–H groups in total. The average Bonchev–Trinajstić information content (AvgIpc) is 1.65. The van der Waals surface area contributed by atoms with Crippen molar-refractivity contribution in [3.8, 4) is 0 Å².